The third-order valence-electron chi connectivity index (χ3n) is 5.48. The lowest BCUT2D eigenvalue weighted by Crippen LogP contribution is -2.41. The summed E-state index contributed by atoms with van der Waals surface area (Å²) in [7, 11) is 0. The van der Waals surface area contributed by atoms with Gasteiger partial charge in [-0.1, -0.05) is 54.1 Å². The molecule has 0 atom stereocenters. The predicted octanol–water partition coefficient (Wildman–Crippen LogP) is 4.78. The molecule has 1 aliphatic heterocycles. The highest BCUT2D eigenvalue weighted by Gasteiger charge is 2.26. The van der Waals surface area contributed by atoms with E-state index in [1.807, 2.05) is 54.6 Å². The van der Waals surface area contributed by atoms with E-state index in [1.165, 1.54) is 0 Å². The number of rotatable bonds is 5. The van der Waals surface area contributed by atoms with Gasteiger partial charge in [0.15, 0.2) is 0 Å². The Kier molecular flexibility index (Phi) is 6.31. The fourth-order valence-corrected chi connectivity index (χ4v) is 4.08. The maximum absolute atomic E-state index is 12.6. The first kappa shape index (κ1) is 20.4. The Morgan fingerprint density at radius 2 is 1.67 bits per heavy atom. The highest BCUT2D eigenvalue weighted by atomic mass is 35.5. The molecule has 1 heterocycles. The second-order valence-electron chi connectivity index (χ2n) is 7.62. The van der Waals surface area contributed by atoms with Crippen LogP contribution in [0.1, 0.15) is 12.8 Å². The van der Waals surface area contributed by atoms with Crippen molar-refractivity contribution < 1.29 is 9.59 Å². The van der Waals surface area contributed by atoms with Crippen molar-refractivity contribution in [2.45, 2.75) is 12.8 Å². The number of nitrogens with one attached hydrogen (secondary N) is 2. The van der Waals surface area contributed by atoms with Crippen LogP contribution in [-0.2, 0) is 9.59 Å². The monoisotopic (exact) mass is 421 g/mol. The van der Waals surface area contributed by atoms with Crippen LogP contribution in [0.5, 0.6) is 0 Å². The average molecular weight is 422 g/mol. The summed E-state index contributed by atoms with van der Waals surface area (Å²) >= 11 is 5.98. The number of fused-ring (bicyclic) bond motifs is 1. The van der Waals surface area contributed by atoms with Gasteiger partial charge in [-0.3, -0.25) is 14.5 Å². The molecule has 1 saturated heterocycles. The zero-order valence-corrected chi connectivity index (χ0v) is 17.4. The van der Waals surface area contributed by atoms with Gasteiger partial charge in [0.25, 0.3) is 0 Å². The van der Waals surface area contributed by atoms with Crippen molar-refractivity contribution in [1.29, 1.82) is 0 Å². The largest absolute Gasteiger partial charge is 0.326 e. The van der Waals surface area contributed by atoms with E-state index in [1.54, 1.807) is 12.1 Å². The van der Waals surface area contributed by atoms with Crippen LogP contribution < -0.4 is 10.6 Å². The van der Waals surface area contributed by atoms with Crippen LogP contribution in [0.25, 0.3) is 10.8 Å². The van der Waals surface area contributed by atoms with Gasteiger partial charge in [0.1, 0.15) is 0 Å². The van der Waals surface area contributed by atoms with Gasteiger partial charge in [-0.2, -0.15) is 0 Å². The molecule has 0 aromatic heterocycles. The molecule has 6 heteroatoms. The van der Waals surface area contributed by atoms with Gasteiger partial charge in [0.05, 0.1) is 6.54 Å². The molecule has 30 heavy (non-hydrogen) atoms. The normalized spacial score (nSPS) is 15.1. The van der Waals surface area contributed by atoms with Crippen molar-refractivity contribution in [1.82, 2.24) is 4.90 Å². The van der Waals surface area contributed by atoms with E-state index >= 15 is 0 Å². The van der Waals surface area contributed by atoms with E-state index < -0.39 is 0 Å². The first-order valence-electron chi connectivity index (χ1n) is 10.1. The van der Waals surface area contributed by atoms with Crippen molar-refractivity contribution in [2.75, 3.05) is 30.3 Å². The van der Waals surface area contributed by atoms with Crippen molar-refractivity contribution in [3.63, 3.8) is 0 Å². The molecule has 0 spiro atoms. The van der Waals surface area contributed by atoms with Crippen LogP contribution in [0, 0.1) is 5.92 Å². The smallest absolute Gasteiger partial charge is 0.238 e. The number of hydrogen-bond acceptors (Lipinski definition) is 3. The molecule has 0 unspecified atom stereocenters. The fraction of sp³-hybridized carbons (Fsp3) is 0.250. The predicted molar refractivity (Wildman–Crippen MR) is 122 cm³/mol. The zero-order chi connectivity index (χ0) is 20.9. The average Bonchev–Trinajstić information content (AvgIpc) is 2.74. The summed E-state index contributed by atoms with van der Waals surface area (Å²) in [4.78, 5) is 27.2. The van der Waals surface area contributed by atoms with Crippen LogP contribution in [0.2, 0.25) is 5.02 Å². The summed E-state index contributed by atoms with van der Waals surface area (Å²) in [5.41, 5.74) is 1.54. The van der Waals surface area contributed by atoms with E-state index in [0.29, 0.717) is 17.3 Å². The van der Waals surface area contributed by atoms with E-state index in [-0.39, 0.29) is 17.7 Å². The van der Waals surface area contributed by atoms with E-state index in [9.17, 15) is 9.59 Å². The molecule has 1 fully saturated rings. The SMILES string of the molecule is O=C(CN1CCC(C(=O)Nc2cccc(Cl)c2)CC1)Nc1cccc2ccccc12. The van der Waals surface area contributed by atoms with Crippen molar-refractivity contribution >= 4 is 45.6 Å². The van der Waals surface area contributed by atoms with Crippen LogP contribution in [0.15, 0.2) is 66.7 Å². The molecule has 154 valence electrons. The van der Waals surface area contributed by atoms with Crippen molar-refractivity contribution in [2.24, 2.45) is 5.92 Å². The first-order chi connectivity index (χ1) is 14.6. The minimum Gasteiger partial charge on any atom is -0.326 e. The number of benzene rings is 3. The third-order valence-corrected chi connectivity index (χ3v) is 5.72. The minimum atomic E-state index is -0.0543. The molecule has 4 rings (SSSR count). The summed E-state index contributed by atoms with van der Waals surface area (Å²) in [6.45, 7) is 1.76. The Bertz CT molecular complexity index is 1060. The molecule has 2 amide bonds. The molecule has 1 aliphatic rings. The van der Waals surface area contributed by atoms with Gasteiger partial charge < -0.3 is 10.6 Å². The number of anilines is 2. The second kappa shape index (κ2) is 9.28. The van der Waals surface area contributed by atoms with Crippen LogP contribution in [0.3, 0.4) is 0 Å². The summed E-state index contributed by atoms with van der Waals surface area (Å²) in [5.74, 6) is -0.0772. The molecule has 3 aromatic carbocycles. The zero-order valence-electron chi connectivity index (χ0n) is 16.6. The molecule has 0 radical (unpaired) electrons. The van der Waals surface area contributed by atoms with Crippen molar-refractivity contribution in [3.05, 3.63) is 71.8 Å². The maximum atomic E-state index is 12.6. The molecular formula is C24H24ClN3O2. The van der Waals surface area contributed by atoms with Crippen molar-refractivity contribution in [3.8, 4) is 0 Å². The lowest BCUT2D eigenvalue weighted by molar-refractivity contribution is -0.121. The van der Waals surface area contributed by atoms with Gasteiger partial charge in [0, 0.05) is 27.7 Å². The summed E-state index contributed by atoms with van der Waals surface area (Å²) in [6.07, 6.45) is 1.46. The minimum absolute atomic E-state index is 0.0112. The molecule has 0 bridgehead atoms. The summed E-state index contributed by atoms with van der Waals surface area (Å²) in [6, 6.07) is 21.1. The lowest BCUT2D eigenvalue weighted by Gasteiger charge is -2.30. The number of halogens is 1. The Morgan fingerprint density at radius 1 is 0.933 bits per heavy atom. The Balaban J connectivity index is 1.28. The Labute approximate surface area is 181 Å². The maximum Gasteiger partial charge on any atom is 0.238 e. The van der Waals surface area contributed by atoms with Gasteiger partial charge in [-0.15, -0.1) is 0 Å². The molecule has 0 saturated carbocycles. The lowest BCUT2D eigenvalue weighted by atomic mass is 9.96. The molecular weight excluding hydrogens is 398 g/mol. The summed E-state index contributed by atoms with van der Waals surface area (Å²) < 4.78 is 0. The van der Waals surface area contributed by atoms with Gasteiger partial charge in [0.2, 0.25) is 11.8 Å². The number of hydrogen-bond donors (Lipinski definition) is 2. The second-order valence-corrected chi connectivity index (χ2v) is 8.06. The van der Waals surface area contributed by atoms with Crippen LogP contribution >= 0.6 is 11.6 Å². The quantitative estimate of drug-likeness (QED) is 0.623. The molecule has 3 aromatic rings. The number of amides is 2. The van der Waals surface area contributed by atoms with Gasteiger partial charge >= 0.3 is 0 Å². The summed E-state index contributed by atoms with van der Waals surface area (Å²) in [5, 5.41) is 8.70. The first-order valence-corrected chi connectivity index (χ1v) is 10.5. The van der Waals surface area contributed by atoms with Crippen LogP contribution in [-0.4, -0.2) is 36.3 Å². The molecule has 2 N–H and O–H groups in total. The third kappa shape index (κ3) is 4.99. The van der Waals surface area contributed by atoms with E-state index in [2.05, 4.69) is 15.5 Å². The van der Waals surface area contributed by atoms with E-state index in [4.69, 9.17) is 11.6 Å². The highest BCUT2D eigenvalue weighted by Crippen LogP contribution is 2.24. The van der Waals surface area contributed by atoms with E-state index in [0.717, 1.165) is 42.4 Å². The number of carbonyl (C=O) groups is 2. The number of nitrogens with zero attached hydrogens (tertiary/aromatic N) is 1. The molecule has 0 aliphatic carbocycles. The topological polar surface area (TPSA) is 61.4 Å². The van der Waals surface area contributed by atoms with Gasteiger partial charge in [-0.05, 0) is 55.6 Å². The van der Waals surface area contributed by atoms with Gasteiger partial charge in [-0.25, -0.2) is 0 Å². The number of carbonyl (C=O) groups excluding carboxylic acids is 2. The Hall–Kier alpha value is -2.89. The standard InChI is InChI=1S/C24H24ClN3O2/c25-19-7-4-8-20(15-19)26-24(30)18-11-13-28(14-12-18)16-23(29)27-22-10-3-6-17-5-1-2-9-21(17)22/h1-10,15,18H,11-14,16H2,(H,26,30)(H,27,29). The van der Waals surface area contributed by atoms with Crippen LogP contribution in [0.4, 0.5) is 11.4 Å². The molecule has 5 nitrogen and oxygen atoms in total. The highest BCUT2D eigenvalue weighted by molar-refractivity contribution is 6.30. The number of likely N-dealkylation sites (tertiary alicyclic amines) is 1. The number of piperidine rings is 1. The fourth-order valence-electron chi connectivity index (χ4n) is 3.89. The Morgan fingerprint density at radius 3 is 2.47 bits per heavy atom.